The molecule has 1 amide bonds. The van der Waals surface area contributed by atoms with Gasteiger partial charge >= 0.3 is 5.97 Å². The Balaban J connectivity index is 1.44. The number of nitrogens with zero attached hydrogens (tertiary/aromatic N) is 2. The summed E-state index contributed by atoms with van der Waals surface area (Å²) < 4.78 is 12.3. The van der Waals surface area contributed by atoms with Crippen LogP contribution in [0.3, 0.4) is 0 Å². The Morgan fingerprint density at radius 2 is 2.02 bits per heavy atom. The minimum absolute atomic E-state index is 0.0317. The van der Waals surface area contributed by atoms with Gasteiger partial charge in [0.05, 0.1) is 52.3 Å². The van der Waals surface area contributed by atoms with Gasteiger partial charge in [0.15, 0.2) is 0 Å². The van der Waals surface area contributed by atoms with Crippen LogP contribution in [0.2, 0.25) is 0 Å². The van der Waals surface area contributed by atoms with Crippen molar-refractivity contribution in [3.8, 4) is 0 Å². The van der Waals surface area contributed by atoms with E-state index in [0.29, 0.717) is 12.8 Å². The fourth-order valence-corrected chi connectivity index (χ4v) is 8.92. The number of hydrogen-bond acceptors (Lipinski definition) is 11. The first-order chi connectivity index (χ1) is 22.7. The summed E-state index contributed by atoms with van der Waals surface area (Å²) in [6, 6.07) is 5.46. The van der Waals surface area contributed by atoms with Gasteiger partial charge in [0.25, 0.3) is 0 Å². The zero-order valence-corrected chi connectivity index (χ0v) is 31.6. The second kappa shape index (κ2) is 17.1. The number of ketones is 1. The Labute approximate surface area is 297 Å². The number of pyridine rings is 1. The molecule has 0 aliphatic carbocycles. The lowest BCUT2D eigenvalue weighted by atomic mass is 9.72. The number of hydrogen-bond donors (Lipinski definition) is 2. The number of fused-ring (bicyclic) bond motifs is 1. The van der Waals surface area contributed by atoms with Crippen LogP contribution < -0.4 is 5.32 Å². The Bertz CT molecular complexity index is 1430. The summed E-state index contributed by atoms with van der Waals surface area (Å²) in [4.78, 5) is 49.3. The molecule has 2 aliphatic heterocycles. The molecular formula is C36H51N3O6S3. The number of Topliss-reactive ketones (excluding diaryl/α,β-unsaturated/α-hetero) is 1. The van der Waals surface area contributed by atoms with Crippen LogP contribution in [-0.2, 0) is 23.9 Å². The molecule has 4 rings (SSSR count). The van der Waals surface area contributed by atoms with E-state index in [4.69, 9.17) is 9.47 Å². The van der Waals surface area contributed by atoms with Crippen molar-refractivity contribution in [3.05, 3.63) is 46.1 Å². The molecule has 2 aliphatic rings. The zero-order chi connectivity index (χ0) is 35.1. The van der Waals surface area contributed by atoms with Gasteiger partial charge in [-0.25, -0.2) is 9.97 Å². The highest BCUT2D eigenvalue weighted by atomic mass is 33.1. The van der Waals surface area contributed by atoms with Gasteiger partial charge in [0.2, 0.25) is 5.91 Å². The molecule has 2 aromatic heterocycles. The number of rotatable bonds is 9. The average molecular weight is 718 g/mol. The van der Waals surface area contributed by atoms with E-state index in [-0.39, 0.29) is 54.2 Å². The lowest BCUT2D eigenvalue weighted by Crippen LogP contribution is -2.48. The van der Waals surface area contributed by atoms with Gasteiger partial charge in [-0.2, -0.15) is 0 Å². The van der Waals surface area contributed by atoms with Crippen LogP contribution in [0.1, 0.15) is 97.2 Å². The lowest BCUT2D eigenvalue weighted by molar-refractivity contribution is -0.160. The quantitative estimate of drug-likeness (QED) is 0.119. The third-order valence-corrected chi connectivity index (χ3v) is 12.8. The molecule has 0 spiro atoms. The Kier molecular flexibility index (Phi) is 13.7. The first-order valence-electron chi connectivity index (χ1n) is 16.9. The normalized spacial score (nSPS) is 30.3. The Morgan fingerprint density at radius 1 is 1.25 bits per heavy atom. The molecule has 0 aromatic carbocycles. The van der Waals surface area contributed by atoms with Crippen molar-refractivity contribution in [1.82, 2.24) is 15.3 Å². The second-order valence-corrected chi connectivity index (χ2v) is 17.5. The maximum absolute atomic E-state index is 14.0. The maximum atomic E-state index is 14.0. The number of amides is 1. The summed E-state index contributed by atoms with van der Waals surface area (Å²) in [5, 5.41) is 18.3. The van der Waals surface area contributed by atoms with Crippen molar-refractivity contribution in [2.45, 2.75) is 128 Å². The number of epoxide rings is 1. The largest absolute Gasteiger partial charge is 0.461 e. The number of aryl methyl sites for hydroxylation is 1. The fourth-order valence-electron chi connectivity index (χ4n) is 6.38. The Hall–Kier alpha value is -2.25. The van der Waals surface area contributed by atoms with Crippen LogP contribution in [0, 0.1) is 24.2 Å². The smallest absolute Gasteiger partial charge is 0.306 e. The summed E-state index contributed by atoms with van der Waals surface area (Å²) in [5.74, 6) is -0.904. The van der Waals surface area contributed by atoms with Crippen molar-refractivity contribution in [2.24, 2.45) is 17.3 Å². The van der Waals surface area contributed by atoms with Crippen LogP contribution in [0.5, 0.6) is 0 Å². The van der Waals surface area contributed by atoms with Crippen molar-refractivity contribution < 1.29 is 29.0 Å². The minimum atomic E-state index is -1.24. The van der Waals surface area contributed by atoms with Gasteiger partial charge in [0.1, 0.15) is 16.9 Å². The highest BCUT2D eigenvalue weighted by Gasteiger charge is 2.52. The van der Waals surface area contributed by atoms with E-state index in [1.165, 1.54) is 0 Å². The van der Waals surface area contributed by atoms with Crippen molar-refractivity contribution in [2.75, 3.05) is 5.75 Å². The number of aliphatic hydroxyl groups is 1. The number of aromatic nitrogens is 2. The average Bonchev–Trinajstić information content (AvgIpc) is 3.48. The molecule has 2 aromatic rings. The fraction of sp³-hybridized carbons (Fsp3) is 0.639. The van der Waals surface area contributed by atoms with Crippen molar-refractivity contribution in [3.63, 3.8) is 0 Å². The number of nitrogens with one attached hydrogen (secondary N) is 1. The molecule has 9 nitrogen and oxygen atoms in total. The number of thiazole rings is 1. The summed E-state index contributed by atoms with van der Waals surface area (Å²) in [6.07, 6.45) is 5.48. The highest BCUT2D eigenvalue weighted by molar-refractivity contribution is 8.76. The van der Waals surface area contributed by atoms with Crippen LogP contribution in [0.25, 0.3) is 6.08 Å². The number of carbonyl (C=O) groups excluding carboxylic acids is 3. The van der Waals surface area contributed by atoms with Gasteiger partial charge in [-0.1, -0.05) is 51.0 Å². The van der Waals surface area contributed by atoms with Gasteiger partial charge in [0, 0.05) is 30.2 Å². The Morgan fingerprint density at radius 3 is 2.71 bits per heavy atom. The second-order valence-electron chi connectivity index (χ2n) is 14.1. The van der Waals surface area contributed by atoms with E-state index in [1.807, 2.05) is 50.4 Å². The number of esters is 1. The molecule has 12 heteroatoms. The molecule has 0 radical (unpaired) electrons. The predicted molar refractivity (Wildman–Crippen MR) is 194 cm³/mol. The maximum Gasteiger partial charge on any atom is 0.306 e. The first kappa shape index (κ1) is 38.6. The molecule has 264 valence electrons. The number of carbonyl (C=O) groups is 3. The number of aliphatic hydroxyl groups excluding tert-OH is 1. The van der Waals surface area contributed by atoms with E-state index in [2.05, 4.69) is 22.2 Å². The summed E-state index contributed by atoms with van der Waals surface area (Å²) >= 11 is 1.57. The van der Waals surface area contributed by atoms with E-state index in [1.54, 1.807) is 59.9 Å². The third kappa shape index (κ3) is 10.6. The standard InChI is InChI=1S/C36H51N3O6S3/c1-22-12-10-15-36(7)29(45-36)19-27(23(2)18-26-21-46-25(4)38-26)39-30(41)20-28(40)35(5,6)34(43)24(3)33(22)44-32(42)14-11-17-47-48-31-13-8-9-16-37-31/h8-9,13,16,18,21-22,24,27-29,33,40H,10-12,14-15,17,19-20H2,1-7H3,(H,39,41)/b23-18+/t22-,24+,27-,28-,29-,33-,36+/m0/s1. The summed E-state index contributed by atoms with van der Waals surface area (Å²) in [7, 11) is 3.21. The number of ether oxygens (including phenoxy) is 2. The topological polar surface area (TPSA) is 131 Å². The molecular weight excluding hydrogens is 667 g/mol. The molecule has 0 bridgehead atoms. The monoisotopic (exact) mass is 717 g/mol. The van der Waals surface area contributed by atoms with Crippen LogP contribution in [0.4, 0.5) is 0 Å². The van der Waals surface area contributed by atoms with E-state index in [0.717, 1.165) is 46.3 Å². The van der Waals surface area contributed by atoms with Gasteiger partial charge in [-0.3, -0.25) is 14.4 Å². The SMILES string of the molecule is C/C(=C\c1csc(C)n1)[C@@H]1C[C@@H]2O[C@]2(C)CCC[C@H](C)[C@H](OC(=O)CCCSSc2ccccn2)[C@@H](C)C(=O)C(C)(C)[C@@H](O)CC(=O)N1. The molecule has 4 heterocycles. The molecule has 0 saturated carbocycles. The summed E-state index contributed by atoms with van der Waals surface area (Å²) in [6.45, 7) is 13.2. The van der Waals surface area contributed by atoms with Gasteiger partial charge in [-0.05, 0) is 80.5 Å². The van der Waals surface area contributed by atoms with Crippen molar-refractivity contribution >= 4 is 56.7 Å². The third-order valence-electron chi connectivity index (χ3n) is 9.69. The van der Waals surface area contributed by atoms with E-state index >= 15 is 0 Å². The first-order valence-corrected chi connectivity index (χ1v) is 20.1. The molecule has 2 fully saturated rings. The minimum Gasteiger partial charge on any atom is -0.461 e. The predicted octanol–water partition coefficient (Wildman–Crippen LogP) is 7.22. The van der Waals surface area contributed by atoms with E-state index < -0.39 is 23.5 Å². The van der Waals surface area contributed by atoms with Gasteiger partial charge < -0.3 is 19.9 Å². The van der Waals surface area contributed by atoms with Crippen LogP contribution in [0.15, 0.2) is 40.4 Å². The molecule has 2 N–H and O–H groups in total. The van der Waals surface area contributed by atoms with Crippen molar-refractivity contribution in [1.29, 1.82) is 0 Å². The van der Waals surface area contributed by atoms with Crippen LogP contribution in [-0.4, -0.2) is 68.4 Å². The molecule has 7 atom stereocenters. The molecule has 0 unspecified atom stereocenters. The summed E-state index contributed by atoms with van der Waals surface area (Å²) in [5.41, 5.74) is 0.236. The molecule has 2 saturated heterocycles. The van der Waals surface area contributed by atoms with E-state index in [9.17, 15) is 19.5 Å². The highest BCUT2D eigenvalue weighted by Crippen LogP contribution is 2.45. The van der Waals surface area contributed by atoms with Gasteiger partial charge in [-0.15, -0.1) is 11.3 Å². The zero-order valence-electron chi connectivity index (χ0n) is 29.2. The lowest BCUT2D eigenvalue weighted by Gasteiger charge is -2.36. The molecule has 48 heavy (non-hydrogen) atoms. The van der Waals surface area contributed by atoms with Crippen LogP contribution >= 0.6 is 32.9 Å².